The number of hydrogen-bond donors (Lipinski definition) is 0. The maximum atomic E-state index is 13.6. The van der Waals surface area contributed by atoms with Gasteiger partial charge in [0.25, 0.3) is 0 Å². The lowest BCUT2D eigenvalue weighted by Crippen LogP contribution is -2.38. The van der Waals surface area contributed by atoms with Crippen molar-refractivity contribution in [2.75, 3.05) is 24.7 Å². The molecule has 0 radical (unpaired) electrons. The van der Waals surface area contributed by atoms with Gasteiger partial charge in [0.15, 0.2) is 5.13 Å². The van der Waals surface area contributed by atoms with Crippen molar-refractivity contribution in [1.82, 2.24) is 4.98 Å². The van der Waals surface area contributed by atoms with E-state index in [0.29, 0.717) is 24.7 Å². The van der Waals surface area contributed by atoms with E-state index in [1.165, 1.54) is 11.3 Å². The number of ether oxygens (including phenoxy) is 2. The molecule has 0 saturated carbocycles. The predicted molar refractivity (Wildman–Crippen MR) is 130 cm³/mol. The summed E-state index contributed by atoms with van der Waals surface area (Å²) in [6, 6.07) is 20.3. The van der Waals surface area contributed by atoms with E-state index < -0.39 is 0 Å². The van der Waals surface area contributed by atoms with Gasteiger partial charge in [-0.05, 0) is 48.2 Å². The summed E-state index contributed by atoms with van der Waals surface area (Å²) in [5.41, 5.74) is 1.84. The number of thiazole rings is 1. The van der Waals surface area contributed by atoms with E-state index in [-0.39, 0.29) is 12.0 Å². The highest BCUT2D eigenvalue weighted by atomic mass is 32.1. The zero-order chi connectivity index (χ0) is 21.9. The van der Waals surface area contributed by atoms with Crippen LogP contribution in [0.1, 0.15) is 25.3 Å². The summed E-state index contributed by atoms with van der Waals surface area (Å²) in [4.78, 5) is 20.3. The smallest absolute Gasteiger partial charge is 0.233 e. The summed E-state index contributed by atoms with van der Waals surface area (Å²) in [7, 11) is 0. The van der Waals surface area contributed by atoms with Crippen LogP contribution in [0, 0.1) is 0 Å². The molecule has 1 aromatic heterocycles. The minimum absolute atomic E-state index is 0.0360. The Bertz CT molecular complexity index is 1240. The van der Waals surface area contributed by atoms with E-state index in [0.717, 1.165) is 51.8 Å². The first kappa shape index (κ1) is 20.9. The largest absolute Gasteiger partial charge is 0.492 e. The number of hydrogen-bond acceptors (Lipinski definition) is 5. The molecule has 1 amide bonds. The molecule has 0 spiro atoms. The summed E-state index contributed by atoms with van der Waals surface area (Å²) in [5, 5.41) is 2.96. The van der Waals surface area contributed by atoms with Crippen LogP contribution < -0.4 is 9.64 Å². The number of fused-ring (bicyclic) bond motifs is 2. The molecule has 3 aromatic carbocycles. The Morgan fingerprint density at radius 3 is 2.84 bits per heavy atom. The molecular formula is C26H26N2O3S. The summed E-state index contributed by atoms with van der Waals surface area (Å²) >= 11 is 1.53. The van der Waals surface area contributed by atoms with Gasteiger partial charge in [0.05, 0.1) is 30.4 Å². The van der Waals surface area contributed by atoms with Gasteiger partial charge in [0.2, 0.25) is 5.91 Å². The number of aromatic nitrogens is 1. The maximum Gasteiger partial charge on any atom is 0.233 e. The van der Waals surface area contributed by atoms with Crippen LogP contribution in [-0.4, -0.2) is 36.8 Å². The van der Waals surface area contributed by atoms with Gasteiger partial charge < -0.3 is 9.47 Å². The summed E-state index contributed by atoms with van der Waals surface area (Å²) in [5.74, 6) is 0.792. The number of benzene rings is 3. The van der Waals surface area contributed by atoms with Crippen molar-refractivity contribution in [2.45, 2.75) is 32.3 Å². The molecule has 5 nitrogen and oxygen atoms in total. The van der Waals surface area contributed by atoms with Gasteiger partial charge in [-0.25, -0.2) is 4.98 Å². The molecule has 164 valence electrons. The Balaban J connectivity index is 1.50. The first-order valence-corrected chi connectivity index (χ1v) is 12.0. The first-order valence-electron chi connectivity index (χ1n) is 11.1. The second-order valence-electron chi connectivity index (χ2n) is 7.99. The first-order chi connectivity index (χ1) is 15.7. The standard InChI is InChI=1S/C26H26N2O3S/c1-2-30-22-13-6-14-23-25(22)27-26(32-23)28(17-20-11-7-15-31-20)24(29)16-19-10-5-9-18-8-3-4-12-21(18)19/h3-6,8-10,12-14,20H,2,7,11,15-17H2,1H3. The highest BCUT2D eigenvalue weighted by Gasteiger charge is 2.27. The Hall–Kier alpha value is -2.96. The molecule has 5 rings (SSSR count). The topological polar surface area (TPSA) is 51.7 Å². The fourth-order valence-electron chi connectivity index (χ4n) is 4.28. The molecule has 0 aliphatic carbocycles. The van der Waals surface area contributed by atoms with E-state index in [9.17, 15) is 4.79 Å². The molecule has 1 saturated heterocycles. The molecule has 1 fully saturated rings. The minimum atomic E-state index is 0.0360. The van der Waals surface area contributed by atoms with Crippen molar-refractivity contribution < 1.29 is 14.3 Å². The van der Waals surface area contributed by atoms with Gasteiger partial charge in [-0.2, -0.15) is 0 Å². The van der Waals surface area contributed by atoms with Gasteiger partial charge in [-0.1, -0.05) is 59.9 Å². The van der Waals surface area contributed by atoms with Crippen LogP contribution in [-0.2, 0) is 16.0 Å². The van der Waals surface area contributed by atoms with Crippen molar-refractivity contribution in [3.05, 3.63) is 66.2 Å². The van der Waals surface area contributed by atoms with E-state index in [1.54, 1.807) is 0 Å². The fourth-order valence-corrected chi connectivity index (χ4v) is 5.29. The van der Waals surface area contributed by atoms with E-state index >= 15 is 0 Å². The van der Waals surface area contributed by atoms with Gasteiger partial charge >= 0.3 is 0 Å². The molecule has 0 bridgehead atoms. The SMILES string of the molecule is CCOc1cccc2sc(N(CC3CCCO3)C(=O)Cc3cccc4ccccc34)nc12. The van der Waals surface area contributed by atoms with Crippen LogP contribution in [0.4, 0.5) is 5.13 Å². The van der Waals surface area contributed by atoms with Crippen molar-refractivity contribution in [3.8, 4) is 5.75 Å². The van der Waals surface area contributed by atoms with E-state index in [4.69, 9.17) is 14.5 Å². The molecule has 32 heavy (non-hydrogen) atoms. The minimum Gasteiger partial charge on any atom is -0.492 e. The number of amides is 1. The number of anilines is 1. The third kappa shape index (κ3) is 4.20. The molecule has 1 aliphatic heterocycles. The van der Waals surface area contributed by atoms with E-state index in [1.807, 2.05) is 54.3 Å². The Kier molecular flexibility index (Phi) is 6.06. The Morgan fingerprint density at radius 1 is 1.16 bits per heavy atom. The molecule has 1 unspecified atom stereocenters. The summed E-state index contributed by atoms with van der Waals surface area (Å²) < 4.78 is 12.7. The number of para-hydroxylation sites is 1. The average molecular weight is 447 g/mol. The van der Waals surface area contributed by atoms with Crippen LogP contribution in [0.2, 0.25) is 0 Å². The number of carbonyl (C=O) groups excluding carboxylic acids is 1. The lowest BCUT2D eigenvalue weighted by Gasteiger charge is -2.23. The Labute approximate surface area is 191 Å². The zero-order valence-corrected chi connectivity index (χ0v) is 18.9. The highest BCUT2D eigenvalue weighted by Crippen LogP contribution is 2.35. The third-order valence-corrected chi connectivity index (χ3v) is 6.88. The van der Waals surface area contributed by atoms with Crippen LogP contribution >= 0.6 is 11.3 Å². The molecule has 6 heteroatoms. The number of carbonyl (C=O) groups is 1. The Morgan fingerprint density at radius 2 is 2.00 bits per heavy atom. The van der Waals surface area contributed by atoms with Crippen molar-refractivity contribution in [2.24, 2.45) is 0 Å². The normalized spacial score (nSPS) is 16.0. The monoisotopic (exact) mass is 446 g/mol. The molecular weight excluding hydrogens is 420 g/mol. The molecule has 0 N–H and O–H groups in total. The molecule has 4 aromatic rings. The lowest BCUT2D eigenvalue weighted by molar-refractivity contribution is -0.118. The number of nitrogens with zero attached hydrogens (tertiary/aromatic N) is 2. The van der Waals surface area contributed by atoms with Crippen LogP contribution in [0.3, 0.4) is 0 Å². The van der Waals surface area contributed by atoms with Crippen LogP contribution in [0.5, 0.6) is 5.75 Å². The molecule has 1 atom stereocenters. The van der Waals surface area contributed by atoms with Crippen molar-refractivity contribution in [3.63, 3.8) is 0 Å². The zero-order valence-electron chi connectivity index (χ0n) is 18.1. The molecule has 2 heterocycles. The fraction of sp³-hybridized carbons (Fsp3) is 0.308. The van der Waals surface area contributed by atoms with Crippen LogP contribution in [0.15, 0.2) is 60.7 Å². The second kappa shape index (κ2) is 9.27. The van der Waals surface area contributed by atoms with Crippen molar-refractivity contribution in [1.29, 1.82) is 0 Å². The maximum absolute atomic E-state index is 13.6. The lowest BCUT2D eigenvalue weighted by atomic mass is 10.0. The quantitative estimate of drug-likeness (QED) is 0.371. The van der Waals surface area contributed by atoms with Gasteiger partial charge in [-0.3, -0.25) is 9.69 Å². The van der Waals surface area contributed by atoms with Gasteiger partial charge in [0.1, 0.15) is 11.3 Å². The van der Waals surface area contributed by atoms with Gasteiger partial charge in [0, 0.05) is 6.61 Å². The van der Waals surface area contributed by atoms with Crippen LogP contribution in [0.25, 0.3) is 21.0 Å². The van der Waals surface area contributed by atoms with Crippen molar-refractivity contribution >= 4 is 43.4 Å². The highest BCUT2D eigenvalue weighted by molar-refractivity contribution is 7.22. The number of rotatable bonds is 7. The van der Waals surface area contributed by atoms with E-state index in [2.05, 4.69) is 18.2 Å². The predicted octanol–water partition coefficient (Wildman–Crippen LogP) is 5.60. The summed E-state index contributed by atoms with van der Waals surface area (Å²) in [6.07, 6.45) is 2.37. The second-order valence-corrected chi connectivity index (χ2v) is 9.00. The van der Waals surface area contributed by atoms with Gasteiger partial charge in [-0.15, -0.1) is 0 Å². The average Bonchev–Trinajstić information content (AvgIpc) is 3.48. The third-order valence-electron chi connectivity index (χ3n) is 5.83. The summed E-state index contributed by atoms with van der Waals surface area (Å²) in [6.45, 7) is 3.81. The molecule has 1 aliphatic rings.